The van der Waals surface area contributed by atoms with Crippen LogP contribution in [0.2, 0.25) is 0 Å². The van der Waals surface area contributed by atoms with Crippen LogP contribution in [0.25, 0.3) is 0 Å². The fourth-order valence-corrected chi connectivity index (χ4v) is 2.22. The highest BCUT2D eigenvalue weighted by atomic mass is 16.2. The first-order valence-corrected chi connectivity index (χ1v) is 5.96. The maximum Gasteiger partial charge on any atom is 0.261 e. The van der Waals surface area contributed by atoms with E-state index in [1.165, 1.54) is 4.90 Å². The summed E-state index contributed by atoms with van der Waals surface area (Å²) in [5.41, 5.74) is 7.88. The van der Waals surface area contributed by atoms with Gasteiger partial charge in [0.25, 0.3) is 11.8 Å². The van der Waals surface area contributed by atoms with Crippen molar-refractivity contribution in [2.45, 2.75) is 6.54 Å². The van der Waals surface area contributed by atoms with Gasteiger partial charge in [0.05, 0.1) is 17.7 Å². The topological polar surface area (TPSA) is 63.4 Å². The van der Waals surface area contributed by atoms with Crippen LogP contribution in [0.1, 0.15) is 26.3 Å². The van der Waals surface area contributed by atoms with Crippen molar-refractivity contribution < 1.29 is 9.59 Å². The second-order valence-electron chi connectivity index (χ2n) is 4.49. The summed E-state index contributed by atoms with van der Waals surface area (Å²) < 4.78 is 0. The standard InChI is InChI=1S/C15H12N2O2/c16-11-6-7-12-13(8-11)15(19)17(14(12)18)9-10-4-2-1-3-5-10/h1-8H,9,16H2. The molecule has 2 N–H and O–H groups in total. The molecule has 4 nitrogen and oxygen atoms in total. The zero-order chi connectivity index (χ0) is 13.4. The van der Waals surface area contributed by atoms with Gasteiger partial charge in [0.15, 0.2) is 0 Å². The fraction of sp³-hybridized carbons (Fsp3) is 0.0667. The smallest absolute Gasteiger partial charge is 0.261 e. The molecule has 1 aliphatic rings. The van der Waals surface area contributed by atoms with Crippen LogP contribution in [0.15, 0.2) is 48.5 Å². The Balaban J connectivity index is 1.95. The summed E-state index contributed by atoms with van der Waals surface area (Å²) >= 11 is 0. The Morgan fingerprint density at radius 3 is 2.32 bits per heavy atom. The minimum atomic E-state index is -0.281. The van der Waals surface area contributed by atoms with Crippen molar-refractivity contribution in [2.24, 2.45) is 0 Å². The number of nitrogens with zero attached hydrogens (tertiary/aromatic N) is 1. The summed E-state index contributed by atoms with van der Waals surface area (Å²) in [5.74, 6) is -0.542. The summed E-state index contributed by atoms with van der Waals surface area (Å²) in [4.78, 5) is 25.6. The number of benzene rings is 2. The predicted molar refractivity (Wildman–Crippen MR) is 71.5 cm³/mol. The van der Waals surface area contributed by atoms with Gasteiger partial charge in [0.2, 0.25) is 0 Å². The Morgan fingerprint density at radius 2 is 1.58 bits per heavy atom. The third-order valence-corrected chi connectivity index (χ3v) is 3.18. The van der Waals surface area contributed by atoms with E-state index >= 15 is 0 Å². The molecular formula is C15H12N2O2. The fourth-order valence-electron chi connectivity index (χ4n) is 2.22. The molecule has 0 saturated heterocycles. The molecule has 2 aromatic rings. The van der Waals surface area contributed by atoms with E-state index in [0.29, 0.717) is 16.8 Å². The molecule has 1 heterocycles. The van der Waals surface area contributed by atoms with Crippen LogP contribution >= 0.6 is 0 Å². The van der Waals surface area contributed by atoms with Gasteiger partial charge >= 0.3 is 0 Å². The van der Waals surface area contributed by atoms with Crippen LogP contribution in [0.5, 0.6) is 0 Å². The lowest BCUT2D eigenvalue weighted by molar-refractivity contribution is 0.0642. The molecule has 0 radical (unpaired) electrons. The van der Waals surface area contributed by atoms with Gasteiger partial charge in [0, 0.05) is 5.69 Å². The number of rotatable bonds is 2. The van der Waals surface area contributed by atoms with Gasteiger partial charge in [0.1, 0.15) is 0 Å². The average Bonchev–Trinajstić information content (AvgIpc) is 2.65. The quantitative estimate of drug-likeness (QED) is 0.657. The number of hydrogen-bond donors (Lipinski definition) is 1. The molecule has 0 aromatic heterocycles. The van der Waals surface area contributed by atoms with Crippen molar-refractivity contribution in [1.82, 2.24) is 4.90 Å². The van der Waals surface area contributed by atoms with Crippen LogP contribution < -0.4 is 5.73 Å². The largest absolute Gasteiger partial charge is 0.399 e. The van der Waals surface area contributed by atoms with E-state index < -0.39 is 0 Å². The van der Waals surface area contributed by atoms with Crippen molar-refractivity contribution in [1.29, 1.82) is 0 Å². The first-order valence-electron chi connectivity index (χ1n) is 5.96. The highest BCUT2D eigenvalue weighted by Crippen LogP contribution is 2.26. The Kier molecular flexibility index (Phi) is 2.56. The normalized spacial score (nSPS) is 13.8. The Labute approximate surface area is 110 Å². The van der Waals surface area contributed by atoms with Crippen LogP contribution in [0.3, 0.4) is 0 Å². The number of hydrogen-bond acceptors (Lipinski definition) is 3. The summed E-state index contributed by atoms with van der Waals surface area (Å²) in [6, 6.07) is 14.2. The van der Waals surface area contributed by atoms with Crippen LogP contribution in [0, 0.1) is 0 Å². The molecule has 0 bridgehead atoms. The molecule has 19 heavy (non-hydrogen) atoms. The summed E-state index contributed by atoms with van der Waals surface area (Å²) in [5, 5.41) is 0. The van der Waals surface area contributed by atoms with E-state index in [1.807, 2.05) is 30.3 Å². The molecule has 0 aliphatic carbocycles. The lowest BCUT2D eigenvalue weighted by Gasteiger charge is -2.13. The van der Waals surface area contributed by atoms with Gasteiger partial charge in [-0.15, -0.1) is 0 Å². The average molecular weight is 252 g/mol. The molecule has 1 aliphatic heterocycles. The molecule has 0 saturated carbocycles. The van der Waals surface area contributed by atoms with E-state index in [-0.39, 0.29) is 18.4 Å². The van der Waals surface area contributed by atoms with Crippen molar-refractivity contribution in [3.8, 4) is 0 Å². The van der Waals surface area contributed by atoms with Crippen molar-refractivity contribution >= 4 is 17.5 Å². The van der Waals surface area contributed by atoms with Crippen molar-refractivity contribution in [3.63, 3.8) is 0 Å². The minimum Gasteiger partial charge on any atom is -0.399 e. The maximum atomic E-state index is 12.2. The first-order chi connectivity index (χ1) is 9.16. The Bertz CT molecular complexity index is 665. The number of anilines is 1. The molecule has 0 spiro atoms. The van der Waals surface area contributed by atoms with Gasteiger partial charge in [-0.05, 0) is 23.8 Å². The van der Waals surface area contributed by atoms with Crippen LogP contribution in [-0.4, -0.2) is 16.7 Å². The summed E-state index contributed by atoms with van der Waals surface area (Å²) in [6.45, 7) is 0.285. The van der Waals surface area contributed by atoms with E-state index in [2.05, 4.69) is 0 Å². The molecule has 0 atom stereocenters. The van der Waals surface area contributed by atoms with Gasteiger partial charge < -0.3 is 5.73 Å². The highest BCUT2D eigenvalue weighted by molar-refractivity contribution is 6.21. The van der Waals surface area contributed by atoms with Crippen LogP contribution in [0.4, 0.5) is 5.69 Å². The number of fused-ring (bicyclic) bond motifs is 1. The molecule has 2 aromatic carbocycles. The van der Waals surface area contributed by atoms with Gasteiger partial charge in [-0.25, -0.2) is 0 Å². The lowest BCUT2D eigenvalue weighted by atomic mass is 10.1. The second kappa shape index (κ2) is 4.24. The number of amides is 2. The summed E-state index contributed by atoms with van der Waals surface area (Å²) in [6.07, 6.45) is 0. The molecule has 2 amide bonds. The second-order valence-corrected chi connectivity index (χ2v) is 4.49. The third-order valence-electron chi connectivity index (χ3n) is 3.18. The van der Waals surface area contributed by atoms with Gasteiger partial charge in [-0.1, -0.05) is 30.3 Å². The molecular weight excluding hydrogens is 240 g/mol. The SMILES string of the molecule is Nc1ccc2c(c1)C(=O)N(Cc1ccccc1)C2=O. The number of imide groups is 1. The lowest BCUT2D eigenvalue weighted by Crippen LogP contribution is -2.29. The molecule has 0 unspecified atom stereocenters. The zero-order valence-electron chi connectivity index (χ0n) is 10.2. The Hall–Kier alpha value is -2.62. The molecule has 0 fully saturated rings. The highest BCUT2D eigenvalue weighted by Gasteiger charge is 2.35. The van der Waals surface area contributed by atoms with Crippen LogP contribution in [-0.2, 0) is 6.54 Å². The maximum absolute atomic E-state index is 12.2. The van der Waals surface area contributed by atoms with E-state index in [0.717, 1.165) is 5.56 Å². The summed E-state index contributed by atoms with van der Waals surface area (Å²) in [7, 11) is 0. The molecule has 4 heteroatoms. The molecule has 94 valence electrons. The van der Waals surface area contributed by atoms with E-state index in [9.17, 15) is 9.59 Å². The first kappa shape index (κ1) is 11.5. The monoisotopic (exact) mass is 252 g/mol. The van der Waals surface area contributed by atoms with Gasteiger partial charge in [-0.2, -0.15) is 0 Å². The number of carbonyl (C=O) groups is 2. The minimum absolute atomic E-state index is 0.260. The van der Waals surface area contributed by atoms with Gasteiger partial charge in [-0.3, -0.25) is 14.5 Å². The van der Waals surface area contributed by atoms with Crippen molar-refractivity contribution in [2.75, 3.05) is 5.73 Å². The van der Waals surface area contributed by atoms with Crippen molar-refractivity contribution in [3.05, 3.63) is 65.2 Å². The number of carbonyl (C=O) groups excluding carboxylic acids is 2. The Morgan fingerprint density at radius 1 is 0.895 bits per heavy atom. The predicted octanol–water partition coefficient (Wildman–Crippen LogP) is 2.07. The zero-order valence-corrected chi connectivity index (χ0v) is 10.2. The van der Waals surface area contributed by atoms with E-state index in [4.69, 9.17) is 5.73 Å². The van der Waals surface area contributed by atoms with E-state index in [1.54, 1.807) is 18.2 Å². The third kappa shape index (κ3) is 1.87. The molecule has 3 rings (SSSR count). The number of nitrogen functional groups attached to an aromatic ring is 1. The number of nitrogens with two attached hydrogens (primary N) is 1.